The highest BCUT2D eigenvalue weighted by atomic mass is 35.5. The minimum Gasteiger partial charge on any atom is -0.484 e. The van der Waals surface area contributed by atoms with Gasteiger partial charge in [0.15, 0.2) is 11.0 Å². The first-order chi connectivity index (χ1) is 17.4. The number of thioether (sulfide) groups is 1. The van der Waals surface area contributed by atoms with Crippen molar-refractivity contribution in [2.45, 2.75) is 50.9 Å². The van der Waals surface area contributed by atoms with E-state index in [0.717, 1.165) is 31.2 Å². The van der Waals surface area contributed by atoms with Crippen LogP contribution < -0.4 is 10.1 Å². The fourth-order valence-corrected chi connectivity index (χ4v) is 6.40. The Hall–Kier alpha value is -2.87. The van der Waals surface area contributed by atoms with E-state index in [0.29, 0.717) is 39.8 Å². The molecule has 1 N–H and O–H groups in total. The predicted molar refractivity (Wildman–Crippen MR) is 140 cm³/mol. The Balaban J connectivity index is 1.40. The van der Waals surface area contributed by atoms with Crippen LogP contribution >= 0.6 is 34.7 Å². The number of nitriles is 1. The third kappa shape index (κ3) is 5.91. The van der Waals surface area contributed by atoms with Crippen molar-refractivity contribution in [3.8, 4) is 11.8 Å². The van der Waals surface area contributed by atoms with Gasteiger partial charge in [0.25, 0.3) is 0 Å². The Labute approximate surface area is 222 Å². The molecule has 1 aliphatic carbocycles. The molecule has 1 amide bonds. The van der Waals surface area contributed by atoms with Crippen molar-refractivity contribution in [3.63, 3.8) is 0 Å². The molecule has 1 aromatic carbocycles. The van der Waals surface area contributed by atoms with E-state index in [2.05, 4.69) is 35.1 Å². The zero-order valence-electron chi connectivity index (χ0n) is 19.7. The number of nitrogens with zero attached hydrogens (tertiary/aromatic N) is 4. The van der Waals surface area contributed by atoms with Crippen LogP contribution in [0.2, 0.25) is 5.02 Å². The van der Waals surface area contributed by atoms with E-state index in [9.17, 15) is 14.4 Å². The molecule has 0 fully saturated rings. The Bertz CT molecular complexity index is 1320. The van der Waals surface area contributed by atoms with Crippen molar-refractivity contribution in [2.75, 3.05) is 11.1 Å². The molecule has 7 nitrogen and oxygen atoms in total. The Morgan fingerprint density at radius 3 is 3.06 bits per heavy atom. The molecule has 2 heterocycles. The zero-order valence-corrected chi connectivity index (χ0v) is 22.1. The van der Waals surface area contributed by atoms with Crippen molar-refractivity contribution in [1.82, 2.24) is 14.8 Å². The molecular formula is C25H25ClFN5O2S2. The Morgan fingerprint density at radius 1 is 1.50 bits per heavy atom. The third-order valence-electron chi connectivity index (χ3n) is 6.00. The maximum Gasteiger partial charge on any atom is 0.235 e. The lowest BCUT2D eigenvalue weighted by molar-refractivity contribution is -0.113. The minimum atomic E-state index is -0.450. The van der Waals surface area contributed by atoms with Crippen LogP contribution in [0, 0.1) is 23.1 Å². The predicted octanol–water partition coefficient (Wildman–Crippen LogP) is 6.01. The van der Waals surface area contributed by atoms with Gasteiger partial charge in [0.05, 0.1) is 16.3 Å². The Morgan fingerprint density at radius 2 is 2.33 bits per heavy atom. The topological polar surface area (TPSA) is 92.8 Å². The first-order valence-electron chi connectivity index (χ1n) is 11.5. The van der Waals surface area contributed by atoms with E-state index >= 15 is 0 Å². The SMILES string of the molecule is C=CCn1c(COc2ccc(F)cc2Cl)nnc1SCC(=O)Nc1sc2c(c1C#N)CCC(CC)C2. The lowest BCUT2D eigenvalue weighted by Crippen LogP contribution is -2.15. The molecular weight excluding hydrogens is 521 g/mol. The summed E-state index contributed by atoms with van der Waals surface area (Å²) in [6.07, 6.45) is 5.75. The van der Waals surface area contributed by atoms with Crippen LogP contribution in [0.5, 0.6) is 5.75 Å². The molecule has 0 saturated carbocycles. The molecule has 36 heavy (non-hydrogen) atoms. The first kappa shape index (κ1) is 26.2. The molecule has 0 bridgehead atoms. The van der Waals surface area contributed by atoms with E-state index in [4.69, 9.17) is 16.3 Å². The van der Waals surface area contributed by atoms with Crippen LogP contribution in [0.25, 0.3) is 0 Å². The second-order valence-corrected chi connectivity index (χ2v) is 10.8. The molecule has 11 heteroatoms. The second-order valence-electron chi connectivity index (χ2n) is 8.34. The average Bonchev–Trinajstić information content (AvgIpc) is 3.41. The summed E-state index contributed by atoms with van der Waals surface area (Å²) < 4.78 is 20.7. The summed E-state index contributed by atoms with van der Waals surface area (Å²) in [5, 5.41) is 22.3. The van der Waals surface area contributed by atoms with Crippen molar-refractivity contribution < 1.29 is 13.9 Å². The van der Waals surface area contributed by atoms with Gasteiger partial charge < -0.3 is 10.1 Å². The van der Waals surface area contributed by atoms with E-state index in [1.54, 1.807) is 10.6 Å². The molecule has 0 saturated heterocycles. The first-order valence-corrected chi connectivity index (χ1v) is 13.7. The summed E-state index contributed by atoms with van der Waals surface area (Å²) >= 11 is 8.78. The number of rotatable bonds is 10. The van der Waals surface area contributed by atoms with Gasteiger partial charge >= 0.3 is 0 Å². The third-order valence-corrected chi connectivity index (χ3v) is 8.43. The number of hydrogen-bond donors (Lipinski definition) is 1. The molecule has 0 spiro atoms. The number of aromatic nitrogens is 3. The second kappa shape index (κ2) is 11.9. The fraction of sp³-hybridized carbons (Fsp3) is 0.360. The summed E-state index contributed by atoms with van der Waals surface area (Å²) in [7, 11) is 0. The van der Waals surface area contributed by atoms with Gasteiger partial charge in [-0.3, -0.25) is 9.36 Å². The van der Waals surface area contributed by atoms with Gasteiger partial charge in [0.1, 0.15) is 29.2 Å². The number of hydrogen-bond acceptors (Lipinski definition) is 7. The molecule has 1 unspecified atom stereocenters. The molecule has 188 valence electrons. The smallest absolute Gasteiger partial charge is 0.235 e. The summed E-state index contributed by atoms with van der Waals surface area (Å²) in [5.41, 5.74) is 1.68. The highest BCUT2D eigenvalue weighted by molar-refractivity contribution is 7.99. The summed E-state index contributed by atoms with van der Waals surface area (Å²) in [5.74, 6) is 0.916. The number of carbonyl (C=O) groups excluding carboxylic acids is 1. The van der Waals surface area contributed by atoms with E-state index in [-0.39, 0.29) is 23.3 Å². The molecule has 3 aromatic rings. The van der Waals surface area contributed by atoms with Gasteiger partial charge in [-0.25, -0.2) is 4.39 Å². The number of halogens is 2. The number of carbonyl (C=O) groups is 1. The number of benzene rings is 1. The summed E-state index contributed by atoms with van der Waals surface area (Å²) in [6.45, 7) is 6.44. The van der Waals surface area contributed by atoms with Crippen LogP contribution in [0.15, 0.2) is 36.0 Å². The van der Waals surface area contributed by atoms with Gasteiger partial charge in [-0.2, -0.15) is 5.26 Å². The molecule has 1 atom stereocenters. The van der Waals surface area contributed by atoms with Gasteiger partial charge in [-0.1, -0.05) is 42.8 Å². The average molecular weight is 546 g/mol. The van der Waals surface area contributed by atoms with Crippen LogP contribution in [-0.2, 0) is 30.8 Å². The van der Waals surface area contributed by atoms with Crippen LogP contribution in [0.1, 0.15) is 41.6 Å². The quantitative estimate of drug-likeness (QED) is 0.247. The van der Waals surface area contributed by atoms with Gasteiger partial charge in [0, 0.05) is 11.4 Å². The standard InChI is InChI=1S/C25H25ClFN5O2S2/c1-3-9-32-22(13-34-20-8-6-16(27)11-19(20)26)30-31-25(32)35-14-23(33)29-24-18(12-28)17-7-5-15(4-2)10-21(17)36-24/h3,6,8,11,15H,1,4-5,7,9-10,13-14H2,2H3,(H,29,33). The zero-order chi connectivity index (χ0) is 25.7. The monoisotopic (exact) mass is 545 g/mol. The van der Waals surface area contributed by atoms with Gasteiger partial charge in [-0.05, 0) is 48.9 Å². The minimum absolute atomic E-state index is 0.0595. The summed E-state index contributed by atoms with van der Waals surface area (Å²) in [4.78, 5) is 14.0. The van der Waals surface area contributed by atoms with Crippen molar-refractivity contribution in [1.29, 1.82) is 5.26 Å². The maximum atomic E-state index is 13.3. The van der Waals surface area contributed by atoms with E-state index in [1.807, 2.05) is 0 Å². The molecule has 4 rings (SSSR count). The highest BCUT2D eigenvalue weighted by Crippen LogP contribution is 2.40. The van der Waals surface area contributed by atoms with Crippen LogP contribution in [-0.4, -0.2) is 26.4 Å². The molecule has 0 aliphatic heterocycles. The molecule has 0 radical (unpaired) electrons. The summed E-state index contributed by atoms with van der Waals surface area (Å²) in [6, 6.07) is 6.18. The van der Waals surface area contributed by atoms with Crippen molar-refractivity contribution in [2.24, 2.45) is 5.92 Å². The molecule has 2 aromatic heterocycles. The number of allylic oxidation sites excluding steroid dienone is 1. The van der Waals surface area contributed by atoms with Gasteiger partial charge in [0.2, 0.25) is 5.91 Å². The lowest BCUT2D eigenvalue weighted by atomic mass is 9.86. The van der Waals surface area contributed by atoms with E-state index < -0.39 is 5.82 Å². The number of anilines is 1. The Kier molecular flexibility index (Phi) is 8.67. The lowest BCUT2D eigenvalue weighted by Gasteiger charge is -2.20. The van der Waals surface area contributed by atoms with E-state index in [1.165, 1.54) is 46.2 Å². The normalized spacial score (nSPS) is 14.7. The number of amides is 1. The van der Waals surface area contributed by atoms with Gasteiger partial charge in [-0.15, -0.1) is 28.1 Å². The van der Waals surface area contributed by atoms with Crippen molar-refractivity contribution >= 4 is 45.6 Å². The number of ether oxygens (including phenoxy) is 1. The number of thiophene rings is 1. The number of fused-ring (bicyclic) bond motifs is 1. The van der Waals surface area contributed by atoms with Crippen LogP contribution in [0.4, 0.5) is 9.39 Å². The molecule has 1 aliphatic rings. The maximum absolute atomic E-state index is 13.3. The fourth-order valence-electron chi connectivity index (χ4n) is 4.08. The van der Waals surface area contributed by atoms with Crippen molar-refractivity contribution in [3.05, 3.63) is 63.5 Å². The highest BCUT2D eigenvalue weighted by Gasteiger charge is 2.26. The van der Waals surface area contributed by atoms with Crippen LogP contribution in [0.3, 0.4) is 0 Å². The largest absolute Gasteiger partial charge is 0.484 e. The number of nitrogens with one attached hydrogen (secondary N) is 1.